The van der Waals surface area contributed by atoms with Gasteiger partial charge in [-0.1, -0.05) is 0 Å². The summed E-state index contributed by atoms with van der Waals surface area (Å²) in [5.74, 6) is 0.0259. The van der Waals surface area contributed by atoms with Crippen LogP contribution in [-0.2, 0) is 4.79 Å². The van der Waals surface area contributed by atoms with Crippen LogP contribution < -0.4 is 21.3 Å². The molecule has 1 aromatic carbocycles. The minimum Gasteiger partial charge on any atom is -0.397 e. The normalized spacial score (nSPS) is 24.4. The average Bonchev–Trinajstić information content (AvgIpc) is 2.89. The van der Waals surface area contributed by atoms with Crippen LogP contribution in [-0.4, -0.2) is 38.0 Å². The van der Waals surface area contributed by atoms with E-state index in [0.717, 1.165) is 25.1 Å². The molecule has 21 heavy (non-hydrogen) atoms. The minimum atomic E-state index is -0.134. The second-order valence-corrected chi connectivity index (χ2v) is 5.61. The van der Waals surface area contributed by atoms with Gasteiger partial charge in [-0.05, 0) is 31.0 Å². The fraction of sp³-hybridized carbons (Fsp3) is 0.467. The van der Waals surface area contributed by atoms with Gasteiger partial charge in [-0.15, -0.1) is 0 Å². The Hall–Kier alpha value is -2.24. The molecule has 0 aliphatic carbocycles. The van der Waals surface area contributed by atoms with E-state index in [0.29, 0.717) is 17.8 Å². The molecule has 1 aromatic rings. The number of piperidine rings is 1. The van der Waals surface area contributed by atoms with Gasteiger partial charge in [0, 0.05) is 25.7 Å². The summed E-state index contributed by atoms with van der Waals surface area (Å²) >= 11 is 0. The van der Waals surface area contributed by atoms with Crippen LogP contribution in [0.2, 0.25) is 0 Å². The fourth-order valence-corrected chi connectivity index (χ4v) is 3.33. The van der Waals surface area contributed by atoms with E-state index < -0.39 is 0 Å². The Morgan fingerprint density at radius 3 is 3.05 bits per heavy atom. The third-order valence-corrected chi connectivity index (χ3v) is 4.43. The molecular formula is C15H20N4O2. The molecule has 2 fully saturated rings. The highest BCUT2D eigenvalue weighted by Crippen LogP contribution is 2.35. The zero-order valence-corrected chi connectivity index (χ0v) is 12.1. The Kier molecular flexibility index (Phi) is 3.45. The van der Waals surface area contributed by atoms with Crippen LogP contribution in [0.1, 0.15) is 23.2 Å². The lowest BCUT2D eigenvalue weighted by molar-refractivity contribution is -0.123. The summed E-state index contributed by atoms with van der Waals surface area (Å²) in [6.07, 6.45) is 1.88. The molecule has 2 saturated heterocycles. The number of anilines is 2. The van der Waals surface area contributed by atoms with Crippen LogP contribution >= 0.6 is 0 Å². The smallest absolute Gasteiger partial charge is 0.251 e. The van der Waals surface area contributed by atoms with Gasteiger partial charge in [0.05, 0.1) is 23.3 Å². The number of nitrogens with two attached hydrogens (primary N) is 1. The number of hydrogen-bond acceptors (Lipinski definition) is 4. The van der Waals surface area contributed by atoms with E-state index in [-0.39, 0.29) is 23.8 Å². The molecule has 112 valence electrons. The number of rotatable bonds is 2. The SMILES string of the molecule is CNC(=O)c1ccc(N)c(N2CCCC3C(=O)NCC32)c1. The van der Waals surface area contributed by atoms with Gasteiger partial charge in [0.25, 0.3) is 5.91 Å². The maximum Gasteiger partial charge on any atom is 0.251 e. The number of hydrogen-bond donors (Lipinski definition) is 3. The summed E-state index contributed by atoms with van der Waals surface area (Å²) in [5.41, 5.74) is 8.18. The van der Waals surface area contributed by atoms with Crippen molar-refractivity contribution in [3.8, 4) is 0 Å². The zero-order chi connectivity index (χ0) is 15.0. The van der Waals surface area contributed by atoms with Crippen molar-refractivity contribution >= 4 is 23.2 Å². The Morgan fingerprint density at radius 2 is 2.29 bits per heavy atom. The van der Waals surface area contributed by atoms with Crippen LogP contribution in [0.25, 0.3) is 0 Å². The highest BCUT2D eigenvalue weighted by Gasteiger charge is 2.41. The predicted molar refractivity (Wildman–Crippen MR) is 81.1 cm³/mol. The third-order valence-electron chi connectivity index (χ3n) is 4.43. The third kappa shape index (κ3) is 2.30. The lowest BCUT2D eigenvalue weighted by Gasteiger charge is -2.38. The molecule has 0 saturated carbocycles. The standard InChI is InChI=1S/C15H20N4O2/c1-17-14(20)9-4-5-11(16)12(7-9)19-6-2-3-10-13(19)8-18-15(10)21/h4-5,7,10,13H,2-3,6,8,16H2,1H3,(H,17,20)(H,18,21). The van der Waals surface area contributed by atoms with Gasteiger partial charge in [-0.25, -0.2) is 0 Å². The minimum absolute atomic E-state index is 0.0295. The zero-order valence-electron chi connectivity index (χ0n) is 12.1. The highest BCUT2D eigenvalue weighted by molar-refractivity contribution is 5.96. The first-order valence-electron chi connectivity index (χ1n) is 7.28. The summed E-state index contributed by atoms with van der Waals surface area (Å²) in [6, 6.07) is 5.43. The van der Waals surface area contributed by atoms with Crippen LogP contribution in [0.4, 0.5) is 11.4 Å². The van der Waals surface area contributed by atoms with Crippen molar-refractivity contribution in [3.63, 3.8) is 0 Å². The van der Waals surface area contributed by atoms with Gasteiger partial charge in [0.1, 0.15) is 0 Å². The van der Waals surface area contributed by atoms with E-state index in [4.69, 9.17) is 5.73 Å². The lowest BCUT2D eigenvalue weighted by atomic mass is 9.90. The molecule has 2 aliphatic rings. The molecule has 0 radical (unpaired) electrons. The number of carbonyl (C=O) groups is 2. The summed E-state index contributed by atoms with van der Waals surface area (Å²) in [6.45, 7) is 1.50. The van der Waals surface area contributed by atoms with Gasteiger partial charge in [0.15, 0.2) is 0 Å². The van der Waals surface area contributed by atoms with Gasteiger partial charge in [0.2, 0.25) is 5.91 Å². The van der Waals surface area contributed by atoms with Crippen LogP contribution in [0.5, 0.6) is 0 Å². The number of benzene rings is 1. The number of carbonyl (C=O) groups excluding carboxylic acids is 2. The monoisotopic (exact) mass is 288 g/mol. The van der Waals surface area contributed by atoms with Crippen LogP contribution in [0.15, 0.2) is 18.2 Å². The van der Waals surface area contributed by atoms with Crippen LogP contribution in [0, 0.1) is 5.92 Å². The van der Waals surface area contributed by atoms with Crippen LogP contribution in [0.3, 0.4) is 0 Å². The Balaban J connectivity index is 1.95. The van der Waals surface area contributed by atoms with Gasteiger partial charge < -0.3 is 21.3 Å². The fourth-order valence-electron chi connectivity index (χ4n) is 3.33. The molecule has 3 rings (SSSR count). The number of fused-ring (bicyclic) bond motifs is 1. The van der Waals surface area contributed by atoms with E-state index in [1.54, 1.807) is 19.2 Å². The molecule has 6 heteroatoms. The molecule has 0 aromatic heterocycles. The first-order chi connectivity index (χ1) is 10.1. The highest BCUT2D eigenvalue weighted by atomic mass is 16.2. The van der Waals surface area contributed by atoms with Gasteiger partial charge >= 0.3 is 0 Å². The summed E-state index contributed by atoms with van der Waals surface area (Å²) in [7, 11) is 1.61. The Bertz CT molecular complexity index is 587. The summed E-state index contributed by atoms with van der Waals surface area (Å²) < 4.78 is 0. The molecule has 6 nitrogen and oxygen atoms in total. The number of nitrogen functional groups attached to an aromatic ring is 1. The van der Waals surface area contributed by atoms with E-state index in [9.17, 15) is 9.59 Å². The van der Waals surface area contributed by atoms with Crippen molar-refractivity contribution in [2.24, 2.45) is 5.92 Å². The van der Waals surface area contributed by atoms with Gasteiger partial charge in [-0.3, -0.25) is 9.59 Å². The second-order valence-electron chi connectivity index (χ2n) is 5.61. The summed E-state index contributed by atoms with van der Waals surface area (Å²) in [5, 5.41) is 5.55. The van der Waals surface area contributed by atoms with E-state index in [1.807, 2.05) is 6.07 Å². The molecular weight excluding hydrogens is 268 g/mol. The van der Waals surface area contributed by atoms with E-state index >= 15 is 0 Å². The largest absolute Gasteiger partial charge is 0.397 e. The van der Waals surface area contributed by atoms with Crippen molar-refractivity contribution in [1.29, 1.82) is 0 Å². The van der Waals surface area contributed by atoms with Gasteiger partial charge in [-0.2, -0.15) is 0 Å². The topological polar surface area (TPSA) is 87.5 Å². The average molecular weight is 288 g/mol. The molecule has 2 aliphatic heterocycles. The van der Waals surface area contributed by atoms with E-state index in [2.05, 4.69) is 15.5 Å². The van der Waals surface area contributed by atoms with Crippen molar-refractivity contribution in [1.82, 2.24) is 10.6 Å². The molecule has 2 amide bonds. The first-order valence-corrected chi connectivity index (χ1v) is 7.28. The summed E-state index contributed by atoms with van der Waals surface area (Å²) in [4.78, 5) is 25.8. The van der Waals surface area contributed by atoms with Crippen molar-refractivity contribution in [3.05, 3.63) is 23.8 Å². The maximum absolute atomic E-state index is 11.9. The molecule has 2 unspecified atom stereocenters. The molecule has 4 N–H and O–H groups in total. The molecule has 2 atom stereocenters. The molecule has 0 bridgehead atoms. The van der Waals surface area contributed by atoms with Crippen molar-refractivity contribution < 1.29 is 9.59 Å². The maximum atomic E-state index is 11.9. The predicted octanol–water partition coefficient (Wildman–Crippen LogP) is 0.343. The van der Waals surface area contributed by atoms with E-state index in [1.165, 1.54) is 0 Å². The Morgan fingerprint density at radius 1 is 1.48 bits per heavy atom. The lowest BCUT2D eigenvalue weighted by Crippen LogP contribution is -2.46. The first kappa shape index (κ1) is 13.7. The van der Waals surface area contributed by atoms with Crippen molar-refractivity contribution in [2.45, 2.75) is 18.9 Å². The van der Waals surface area contributed by atoms with Crippen molar-refractivity contribution in [2.75, 3.05) is 30.8 Å². The number of amides is 2. The molecule has 0 spiro atoms. The quantitative estimate of drug-likeness (QED) is 0.685. The molecule has 2 heterocycles. The Labute approximate surface area is 123 Å². The second kappa shape index (κ2) is 5.27. The number of nitrogens with one attached hydrogen (secondary N) is 2. The number of nitrogens with zero attached hydrogens (tertiary/aromatic N) is 1.